The molecule has 6 unspecified atom stereocenters. The van der Waals surface area contributed by atoms with Crippen LogP contribution in [0.5, 0.6) is 0 Å². The van der Waals surface area contributed by atoms with Gasteiger partial charge in [-0.05, 0) is 47.8 Å². The van der Waals surface area contributed by atoms with E-state index in [2.05, 4.69) is 21.3 Å². The maximum Gasteiger partial charge on any atom is 0.326 e. The molecule has 11 nitrogen and oxygen atoms in total. The molecule has 12 heteroatoms. The molecule has 2 aromatic carbocycles. The summed E-state index contributed by atoms with van der Waals surface area (Å²) in [6.07, 6.45) is 3.38. The van der Waals surface area contributed by atoms with Crippen LogP contribution in [0.15, 0.2) is 60.7 Å². The number of hydrogen-bond acceptors (Lipinski definition) is 7. The lowest BCUT2D eigenvalue weighted by molar-refractivity contribution is -0.142. The molecule has 0 aromatic heterocycles. The minimum absolute atomic E-state index is 0.00804. The van der Waals surface area contributed by atoms with Crippen molar-refractivity contribution in [3.05, 3.63) is 71.8 Å². The summed E-state index contributed by atoms with van der Waals surface area (Å²) in [7, 11) is 0. The summed E-state index contributed by atoms with van der Waals surface area (Å²) >= 11 is 1.57. The van der Waals surface area contributed by atoms with Crippen molar-refractivity contribution in [2.45, 2.75) is 90.0 Å². The zero-order chi connectivity index (χ0) is 34.9. The normalized spacial score (nSPS) is 15.0. The van der Waals surface area contributed by atoms with E-state index in [1.54, 1.807) is 48.2 Å². The van der Waals surface area contributed by atoms with E-state index in [0.717, 1.165) is 11.1 Å². The van der Waals surface area contributed by atoms with Gasteiger partial charge in [-0.3, -0.25) is 19.2 Å². The first-order chi connectivity index (χ1) is 22.4. The molecule has 6 atom stereocenters. The van der Waals surface area contributed by atoms with Crippen molar-refractivity contribution >= 4 is 41.4 Å². The summed E-state index contributed by atoms with van der Waals surface area (Å²) < 4.78 is 0. The molecule has 47 heavy (non-hydrogen) atoms. The molecule has 0 radical (unpaired) electrons. The Kier molecular flexibility index (Phi) is 17.0. The predicted octanol–water partition coefficient (Wildman–Crippen LogP) is 2.67. The van der Waals surface area contributed by atoms with E-state index in [1.807, 2.05) is 58.2 Å². The van der Waals surface area contributed by atoms with Crippen molar-refractivity contribution in [2.75, 3.05) is 12.0 Å². The van der Waals surface area contributed by atoms with Crippen molar-refractivity contribution < 1.29 is 29.1 Å². The monoisotopic (exact) mass is 669 g/mol. The van der Waals surface area contributed by atoms with Crippen LogP contribution in [-0.2, 0) is 36.8 Å². The van der Waals surface area contributed by atoms with Crippen molar-refractivity contribution in [2.24, 2.45) is 17.6 Å². The first kappa shape index (κ1) is 39.3. The quantitative estimate of drug-likeness (QED) is 0.125. The molecule has 0 saturated carbocycles. The van der Waals surface area contributed by atoms with Gasteiger partial charge in [-0.25, -0.2) is 4.79 Å². The molecule has 0 spiro atoms. The molecule has 2 aromatic rings. The van der Waals surface area contributed by atoms with E-state index in [-0.39, 0.29) is 31.1 Å². The Labute approximate surface area is 282 Å². The van der Waals surface area contributed by atoms with Crippen LogP contribution in [0.4, 0.5) is 0 Å². The smallest absolute Gasteiger partial charge is 0.326 e. The van der Waals surface area contributed by atoms with Gasteiger partial charge in [-0.2, -0.15) is 11.8 Å². The van der Waals surface area contributed by atoms with Crippen LogP contribution in [-0.4, -0.2) is 76.9 Å². The number of rotatable bonds is 20. The second-order valence-corrected chi connectivity index (χ2v) is 13.3. The fraction of sp³-hybridized carbons (Fsp3) is 0.514. The van der Waals surface area contributed by atoms with E-state index in [9.17, 15) is 29.1 Å². The standard InChI is InChI=1S/C35H51N5O6S/c1-6-23(4)30(40-31(41)26(36)17-18-47-5)34(44)38-27(19-22(2)3)32(42)37-28(20-24-13-9-7-10-14-24)33(43)39-29(35(45)46)21-25-15-11-8-12-16-25/h7-16,22-23,26-30H,6,17-21,36H2,1-5H3,(H,37,42)(H,38,44)(H,39,43)(H,40,41)(H,45,46). The SMILES string of the molecule is CCC(C)C(NC(=O)C(N)CCSC)C(=O)NC(CC(C)C)C(=O)NC(Cc1ccccc1)C(=O)NC(Cc1ccccc1)C(=O)O. The van der Waals surface area contributed by atoms with E-state index < -0.39 is 59.8 Å². The summed E-state index contributed by atoms with van der Waals surface area (Å²) in [6.45, 7) is 7.54. The average Bonchev–Trinajstić information content (AvgIpc) is 3.05. The van der Waals surface area contributed by atoms with Gasteiger partial charge in [0.05, 0.1) is 6.04 Å². The lowest BCUT2D eigenvalue weighted by atomic mass is 9.96. The van der Waals surface area contributed by atoms with E-state index in [1.165, 1.54) is 0 Å². The number of carboxylic acid groups (broad SMARTS) is 1. The molecule has 0 fully saturated rings. The minimum atomic E-state index is -1.23. The van der Waals surface area contributed by atoms with E-state index in [0.29, 0.717) is 18.6 Å². The molecule has 258 valence electrons. The van der Waals surface area contributed by atoms with E-state index in [4.69, 9.17) is 5.73 Å². The number of benzene rings is 2. The van der Waals surface area contributed by atoms with Gasteiger partial charge in [0.25, 0.3) is 0 Å². The molecule has 0 saturated heterocycles. The maximum atomic E-state index is 13.8. The first-order valence-corrected chi connectivity index (χ1v) is 17.5. The summed E-state index contributed by atoms with van der Waals surface area (Å²) in [5.74, 6) is -2.98. The highest BCUT2D eigenvalue weighted by Gasteiger charge is 2.33. The second-order valence-electron chi connectivity index (χ2n) is 12.3. The highest BCUT2D eigenvalue weighted by Crippen LogP contribution is 2.13. The Hall–Kier alpha value is -3.90. The Balaban J connectivity index is 2.29. The molecule has 0 aliphatic rings. The van der Waals surface area contributed by atoms with E-state index >= 15 is 0 Å². The van der Waals surface area contributed by atoms with Gasteiger partial charge < -0.3 is 32.1 Å². The number of thioether (sulfide) groups is 1. The van der Waals surface area contributed by atoms with Gasteiger partial charge in [-0.1, -0.05) is 94.8 Å². The molecular weight excluding hydrogens is 618 g/mol. The molecule has 7 N–H and O–H groups in total. The Morgan fingerprint density at radius 1 is 0.723 bits per heavy atom. The highest BCUT2D eigenvalue weighted by molar-refractivity contribution is 7.98. The van der Waals surface area contributed by atoms with Crippen molar-refractivity contribution in [1.29, 1.82) is 0 Å². The third-order valence-corrected chi connectivity index (χ3v) is 8.56. The average molecular weight is 670 g/mol. The minimum Gasteiger partial charge on any atom is -0.480 e. The number of hydrogen-bond donors (Lipinski definition) is 6. The number of nitrogens with two attached hydrogens (primary N) is 1. The van der Waals surface area contributed by atoms with Crippen LogP contribution in [0.25, 0.3) is 0 Å². The molecular formula is C35H51N5O6S. The number of carboxylic acids is 1. The van der Waals surface area contributed by atoms with Gasteiger partial charge >= 0.3 is 5.97 Å². The zero-order valence-corrected chi connectivity index (χ0v) is 28.8. The topological polar surface area (TPSA) is 180 Å². The highest BCUT2D eigenvalue weighted by atomic mass is 32.2. The van der Waals surface area contributed by atoms with Crippen LogP contribution in [0.3, 0.4) is 0 Å². The zero-order valence-electron chi connectivity index (χ0n) is 28.0. The third-order valence-electron chi connectivity index (χ3n) is 7.92. The van der Waals surface area contributed by atoms with Crippen LogP contribution in [0.1, 0.15) is 58.1 Å². The number of nitrogens with one attached hydrogen (secondary N) is 4. The fourth-order valence-electron chi connectivity index (χ4n) is 4.96. The maximum absolute atomic E-state index is 13.8. The van der Waals surface area contributed by atoms with Crippen LogP contribution in [0.2, 0.25) is 0 Å². The fourth-order valence-corrected chi connectivity index (χ4v) is 5.45. The number of carbonyl (C=O) groups excluding carboxylic acids is 4. The van der Waals surface area contributed by atoms with Crippen LogP contribution in [0, 0.1) is 11.8 Å². The summed E-state index contributed by atoms with van der Waals surface area (Å²) in [5, 5.41) is 20.9. The van der Waals surface area contributed by atoms with Crippen molar-refractivity contribution in [1.82, 2.24) is 21.3 Å². The molecule has 0 aliphatic heterocycles. The number of amides is 4. The van der Waals surface area contributed by atoms with Gasteiger partial charge in [0, 0.05) is 12.8 Å². The lowest BCUT2D eigenvalue weighted by Gasteiger charge is -2.29. The Morgan fingerprint density at radius 2 is 1.21 bits per heavy atom. The Morgan fingerprint density at radius 3 is 1.70 bits per heavy atom. The van der Waals surface area contributed by atoms with Gasteiger partial charge in [0.15, 0.2) is 0 Å². The second kappa shape index (κ2) is 20.4. The van der Waals surface area contributed by atoms with Crippen molar-refractivity contribution in [3.8, 4) is 0 Å². The van der Waals surface area contributed by atoms with Crippen LogP contribution >= 0.6 is 11.8 Å². The molecule has 0 bridgehead atoms. The van der Waals surface area contributed by atoms with Gasteiger partial charge in [-0.15, -0.1) is 0 Å². The third kappa shape index (κ3) is 13.8. The van der Waals surface area contributed by atoms with Crippen LogP contribution < -0.4 is 27.0 Å². The number of aliphatic carboxylic acids is 1. The van der Waals surface area contributed by atoms with Gasteiger partial charge in [0.2, 0.25) is 23.6 Å². The first-order valence-electron chi connectivity index (χ1n) is 16.1. The molecule has 0 aliphatic carbocycles. The predicted molar refractivity (Wildman–Crippen MR) is 186 cm³/mol. The summed E-state index contributed by atoms with van der Waals surface area (Å²) in [4.78, 5) is 66.0. The summed E-state index contributed by atoms with van der Waals surface area (Å²) in [6, 6.07) is 12.9. The van der Waals surface area contributed by atoms with Gasteiger partial charge in [0.1, 0.15) is 24.2 Å². The lowest BCUT2D eigenvalue weighted by Crippen LogP contribution is -2.60. The number of carbonyl (C=O) groups is 5. The molecule has 0 heterocycles. The summed E-state index contributed by atoms with van der Waals surface area (Å²) in [5.41, 5.74) is 7.54. The molecule has 2 rings (SSSR count). The Bertz CT molecular complexity index is 1300. The van der Waals surface area contributed by atoms with Crippen molar-refractivity contribution in [3.63, 3.8) is 0 Å². The molecule has 4 amide bonds. The largest absolute Gasteiger partial charge is 0.480 e.